The molecule has 536 valence electrons. The zero-order valence-corrected chi connectivity index (χ0v) is 58.9. The fraction of sp³-hybridized carbons (Fsp3) is 0.627. The zero-order valence-electron chi connectivity index (χ0n) is 57.4. The summed E-state index contributed by atoms with van der Waals surface area (Å²) in [6, 6.07) is 9.77. The van der Waals surface area contributed by atoms with Gasteiger partial charge in [0, 0.05) is 83.9 Å². The summed E-state index contributed by atoms with van der Waals surface area (Å²) in [6.07, 6.45) is 12.2. The van der Waals surface area contributed by atoms with E-state index in [0.29, 0.717) is 78.1 Å². The topological polar surface area (TPSA) is 322 Å². The second kappa shape index (κ2) is 28.8. The van der Waals surface area contributed by atoms with E-state index in [1.807, 2.05) is 18.2 Å². The number of Topliss-reactive ketones (excluding diaryl/α,β-unsaturated/α-hetero) is 1. The maximum atomic E-state index is 13.6. The molecule has 1 heterocycles. The average molecular weight is 1400 g/mol. The largest absolute Gasteiger partial charge is 0.507 e. The van der Waals surface area contributed by atoms with Crippen molar-refractivity contribution >= 4 is 58.5 Å². The highest BCUT2D eigenvalue weighted by Gasteiger charge is 2.61. The van der Waals surface area contributed by atoms with Gasteiger partial charge in [-0.1, -0.05) is 45.0 Å². The normalized spacial score (nSPS) is 33.8. The number of nitrogens with two attached hydrogens (primary N) is 1. The van der Waals surface area contributed by atoms with Crippen LogP contribution in [0.3, 0.4) is 0 Å². The number of carbonyl (C=O) groups excluding carboxylic acids is 5. The Morgan fingerprint density at radius 1 is 0.837 bits per heavy atom. The van der Waals surface area contributed by atoms with Crippen LogP contribution in [0, 0.1) is 51.8 Å². The Labute approximate surface area is 582 Å². The van der Waals surface area contributed by atoms with Crippen LogP contribution in [0.2, 0.25) is 0 Å². The number of aryl methyl sites for hydroxylation is 1. The molecule has 4 saturated carbocycles. The Morgan fingerprint density at radius 2 is 1.52 bits per heavy atom. The van der Waals surface area contributed by atoms with Crippen molar-refractivity contribution in [2.24, 2.45) is 57.5 Å². The van der Waals surface area contributed by atoms with Crippen LogP contribution in [0.4, 0.5) is 9.50 Å². The molecule has 23 heteroatoms. The number of aromatic hydroxyl groups is 2. The smallest absolute Gasteiger partial charge is 0.415 e. The molecule has 9 aliphatic carbocycles. The van der Waals surface area contributed by atoms with Gasteiger partial charge in [-0.25, -0.2) is 9.59 Å². The highest BCUT2D eigenvalue weighted by Crippen LogP contribution is 2.67. The lowest BCUT2D eigenvalue weighted by atomic mass is 9.48. The lowest BCUT2D eigenvalue weighted by Crippen LogP contribution is -2.53. The molecule has 1 aliphatic heterocycles. The maximum absolute atomic E-state index is 13.6. The molecule has 3 aromatic rings. The fourth-order valence-corrected chi connectivity index (χ4v) is 19.8. The Hall–Kier alpha value is -6.01. The van der Waals surface area contributed by atoms with E-state index in [-0.39, 0.29) is 78.8 Å². The number of fused-ring (bicyclic) bond motifs is 13. The summed E-state index contributed by atoms with van der Waals surface area (Å²) in [5, 5.41) is 76.9. The molecule has 20 nitrogen and oxygen atoms in total. The Kier molecular flexibility index (Phi) is 21.9. The second-order valence-corrected chi connectivity index (χ2v) is 31.6. The number of hydrogen-bond donors (Lipinski definition) is 9. The van der Waals surface area contributed by atoms with Crippen molar-refractivity contribution < 1.29 is 88.2 Å². The zero-order chi connectivity index (χ0) is 70.2. The van der Waals surface area contributed by atoms with E-state index < -0.39 is 108 Å². The van der Waals surface area contributed by atoms with Gasteiger partial charge in [-0.3, -0.25) is 23.9 Å². The van der Waals surface area contributed by atoms with Gasteiger partial charge in [0.1, 0.15) is 35.2 Å². The van der Waals surface area contributed by atoms with Crippen molar-refractivity contribution in [2.45, 2.75) is 205 Å². The molecular formula is C75H98Cl2FN3O17. The predicted octanol–water partition coefficient (Wildman–Crippen LogP) is 10.4. The first-order chi connectivity index (χ1) is 45.9. The Balaban J connectivity index is 0.000000161. The minimum Gasteiger partial charge on any atom is -0.507 e. The van der Waals surface area contributed by atoms with Crippen LogP contribution < -0.4 is 20.5 Å². The van der Waals surface area contributed by atoms with Crippen LogP contribution in [-0.4, -0.2) is 156 Å². The number of amides is 2. The molecule has 0 bridgehead atoms. The van der Waals surface area contributed by atoms with Gasteiger partial charge < -0.3 is 70.6 Å². The van der Waals surface area contributed by atoms with Gasteiger partial charge in [0.25, 0.3) is 0 Å². The molecule has 17 atom stereocenters. The molecule has 2 amide bonds. The van der Waals surface area contributed by atoms with Crippen LogP contribution in [0.15, 0.2) is 59.7 Å². The maximum Gasteiger partial charge on any atom is 0.415 e. The number of nitrogens with zero attached hydrogens (tertiary/aromatic N) is 1. The van der Waals surface area contributed by atoms with E-state index >= 15 is 0 Å². The summed E-state index contributed by atoms with van der Waals surface area (Å²) in [4.78, 5) is 78.3. The first kappa shape index (κ1) is 74.7. The molecule has 10 N–H and O–H groups in total. The number of carboxylic acids is 1. The number of alkyl halides is 2. The van der Waals surface area contributed by atoms with Crippen molar-refractivity contribution in [3.8, 4) is 23.0 Å². The van der Waals surface area contributed by atoms with Crippen LogP contribution in [-0.2, 0) is 36.7 Å². The van der Waals surface area contributed by atoms with E-state index in [2.05, 4.69) is 59.0 Å². The summed E-state index contributed by atoms with van der Waals surface area (Å²) in [5.41, 5.74) is 7.02. The van der Waals surface area contributed by atoms with Gasteiger partial charge >= 0.3 is 12.1 Å². The SMILES string of the molecule is CC(C)(C)NC(=O)C1CCC2C3CC=C4C=C(C(=O)O)CCC4(C)C3CCC12C.COc1cccc2c1C(=O)c1c(O)c3c(c(O)c1C2=O)C[C@@](O)(C(=O)CO)C[C@@H]3O[C@H]1C[C@H](N)[C@@H](O)[C@H](C)O1.C[C@]12CC[C@@H]3c4ccc(OC(=O)N(CCCl)CCCl)cc4CC[C@H]3[C@@H]1CC[C@@H]2O.F. The van der Waals surface area contributed by atoms with Crippen LogP contribution in [0.1, 0.15) is 204 Å². The lowest BCUT2D eigenvalue weighted by molar-refractivity contribution is -0.247. The van der Waals surface area contributed by atoms with Crippen LogP contribution >= 0.6 is 23.2 Å². The van der Waals surface area contributed by atoms with Gasteiger partial charge in [0.05, 0.1) is 48.2 Å². The van der Waals surface area contributed by atoms with Crippen molar-refractivity contribution in [3.05, 3.63) is 104 Å². The highest BCUT2D eigenvalue weighted by atomic mass is 35.5. The van der Waals surface area contributed by atoms with Gasteiger partial charge in [-0.15, -0.1) is 23.2 Å². The number of phenols is 2. The van der Waals surface area contributed by atoms with Gasteiger partial charge in [-0.2, -0.15) is 0 Å². The Morgan fingerprint density at radius 3 is 2.18 bits per heavy atom. The number of nitrogens with one attached hydrogen (secondary N) is 1. The number of aliphatic hydroxyl groups is 4. The molecule has 1 saturated heterocycles. The number of halogens is 3. The summed E-state index contributed by atoms with van der Waals surface area (Å²) in [7, 11) is 1.32. The number of aliphatic hydroxyl groups excluding tert-OH is 3. The molecule has 3 aromatic carbocycles. The number of benzene rings is 3. The Bertz CT molecular complexity index is 3650. The summed E-state index contributed by atoms with van der Waals surface area (Å²) in [6.45, 7) is 14.6. The summed E-state index contributed by atoms with van der Waals surface area (Å²) < 4.78 is 22.6. The molecule has 0 aromatic heterocycles. The summed E-state index contributed by atoms with van der Waals surface area (Å²) in [5.74, 6) is 0.801. The number of ether oxygens (including phenoxy) is 4. The minimum atomic E-state index is -2.24. The highest BCUT2D eigenvalue weighted by molar-refractivity contribution is 6.31. The van der Waals surface area contributed by atoms with Gasteiger partial charge in [0.2, 0.25) is 11.7 Å². The third-order valence-corrected chi connectivity index (χ3v) is 24.8. The van der Waals surface area contributed by atoms with E-state index in [4.69, 9.17) is 47.9 Å². The number of aliphatic carboxylic acids is 1. The van der Waals surface area contributed by atoms with E-state index in [1.165, 1.54) is 42.0 Å². The van der Waals surface area contributed by atoms with E-state index in [1.54, 1.807) is 11.8 Å². The van der Waals surface area contributed by atoms with Crippen LogP contribution in [0.5, 0.6) is 23.0 Å². The number of carboxylic acid groups (broad SMARTS) is 1. The number of allylic oxidation sites excluding steroid dienone is 3. The molecule has 0 radical (unpaired) electrons. The molecule has 10 aliphatic rings. The minimum absolute atomic E-state index is 0. The molecule has 13 rings (SSSR count). The third-order valence-electron chi connectivity index (χ3n) is 24.5. The predicted molar refractivity (Wildman–Crippen MR) is 365 cm³/mol. The van der Waals surface area contributed by atoms with Crippen LogP contribution in [0.25, 0.3) is 0 Å². The van der Waals surface area contributed by atoms with Crippen molar-refractivity contribution in [2.75, 3.05) is 38.6 Å². The van der Waals surface area contributed by atoms with Gasteiger partial charge in [0.15, 0.2) is 17.9 Å². The lowest BCUT2D eigenvalue weighted by Gasteiger charge is -2.57. The summed E-state index contributed by atoms with van der Waals surface area (Å²) >= 11 is 11.6. The molecule has 6 unspecified atom stereocenters. The molecule has 0 spiro atoms. The number of rotatable bonds is 12. The fourth-order valence-electron chi connectivity index (χ4n) is 19.4. The third kappa shape index (κ3) is 13.5. The second-order valence-electron chi connectivity index (χ2n) is 30.9. The quantitative estimate of drug-likeness (QED) is 0.0470. The van der Waals surface area contributed by atoms with Crippen molar-refractivity contribution in [1.82, 2.24) is 10.2 Å². The number of ketones is 3. The monoisotopic (exact) mass is 1400 g/mol. The van der Waals surface area contributed by atoms with E-state index in [0.717, 1.165) is 77.0 Å². The number of phenolic OH excluding ortho intramolecular Hbond substituents is 2. The standard InChI is InChI=1S/C27H29NO11.C25H37NO3.C23H31Cl2NO3.FH/c1-10-22(31)13(28)6-17(38-10)39-15-8-27(36,16(30)9-29)7-12-19(15)26(35)21-20(24(12)33)23(32)11-4-3-5-14(37-2)18(11)25(21)34;1-23(2,3)26-21(27)20-9-8-18-17-7-6-16-14-15(22(28)29)10-12-24(16,4)19(17)11-13-25(18,20)5;1-23-9-8-18-17-5-3-16(29-22(28)26(12-10-24)13-11-25)14-15(17)2-4-19(18)20(23)6-7-21(23)27;/h3-5,10,13,15,17,22,29,31,33,35-36H,6-9,28H2,1-2H3;6,14,17-20H,7-13H2,1-5H3,(H,26,27)(H,28,29);3,5,14,18-21,27H,2,4,6-13H2,1H3;1H/t10-,13-,15-,17-,22-,27-;;18-,19-,20+,21+,23+;/m0.1./s1. The molecular weight excluding hydrogens is 1300 g/mol. The first-order valence-corrected chi connectivity index (χ1v) is 35.8. The van der Waals surface area contributed by atoms with Gasteiger partial charge in [-0.05, 0) is 204 Å². The average Bonchev–Trinajstić information content (AvgIpc) is 1.07. The van der Waals surface area contributed by atoms with Crippen molar-refractivity contribution in [1.29, 1.82) is 0 Å². The molecule has 5 fully saturated rings. The number of carbonyl (C=O) groups is 6. The molecule has 98 heavy (non-hydrogen) atoms. The van der Waals surface area contributed by atoms with E-state index in [9.17, 15) is 64.5 Å². The number of hydrogen-bond acceptors (Lipinski definition) is 17. The van der Waals surface area contributed by atoms with Crippen molar-refractivity contribution in [3.63, 3.8) is 0 Å². The number of methoxy groups -OCH3 is 1. The first-order valence-electron chi connectivity index (χ1n) is 34.7.